The number of halogens is 2. The zero-order valence-electron chi connectivity index (χ0n) is 16.9. The number of hydrogen-bond acceptors (Lipinski definition) is 3. The van der Waals surface area contributed by atoms with Gasteiger partial charge in [-0.25, -0.2) is 4.98 Å². The van der Waals surface area contributed by atoms with Gasteiger partial charge in [0.25, 0.3) is 0 Å². The molecule has 1 aromatic carbocycles. The molecule has 2 aromatic heterocycles. The number of imidazole rings is 1. The second-order valence-corrected chi connectivity index (χ2v) is 8.01. The van der Waals surface area contributed by atoms with Crippen molar-refractivity contribution in [3.8, 4) is 0 Å². The van der Waals surface area contributed by atoms with Crippen LogP contribution in [0.5, 0.6) is 0 Å². The normalized spacial score (nSPS) is 20.4. The molecule has 5 nitrogen and oxygen atoms in total. The van der Waals surface area contributed by atoms with E-state index in [1.807, 2.05) is 18.2 Å². The molecule has 3 aromatic rings. The van der Waals surface area contributed by atoms with Gasteiger partial charge in [0.1, 0.15) is 5.65 Å². The van der Waals surface area contributed by atoms with E-state index >= 15 is 0 Å². The lowest BCUT2D eigenvalue weighted by molar-refractivity contribution is -0.134. The van der Waals surface area contributed by atoms with Crippen molar-refractivity contribution in [1.82, 2.24) is 19.6 Å². The SMILES string of the molecule is Cl.Cl.O=C([C@H]1CCCN1)N1CCC(c2ccccc2)(c2cn3ccccc3n2)CC1. The van der Waals surface area contributed by atoms with Crippen LogP contribution in [0.2, 0.25) is 0 Å². The highest BCUT2D eigenvalue weighted by molar-refractivity contribution is 5.85. The Morgan fingerprint density at radius 3 is 2.43 bits per heavy atom. The van der Waals surface area contributed by atoms with Gasteiger partial charge < -0.3 is 14.6 Å². The number of carbonyl (C=O) groups is 1. The zero-order chi connectivity index (χ0) is 19.0. The van der Waals surface area contributed by atoms with Crippen molar-refractivity contribution in [3.63, 3.8) is 0 Å². The van der Waals surface area contributed by atoms with Gasteiger partial charge in [-0.05, 0) is 49.9 Å². The minimum Gasteiger partial charge on any atom is -0.341 e. The van der Waals surface area contributed by atoms with Crippen molar-refractivity contribution in [1.29, 1.82) is 0 Å². The van der Waals surface area contributed by atoms with E-state index in [2.05, 4.69) is 57.3 Å². The highest BCUT2D eigenvalue weighted by atomic mass is 35.5. The first kappa shape index (κ1) is 22.6. The molecule has 1 amide bonds. The smallest absolute Gasteiger partial charge is 0.239 e. The Labute approximate surface area is 189 Å². The number of carbonyl (C=O) groups excluding carboxylic acids is 1. The first-order chi connectivity index (χ1) is 13.8. The standard InChI is InChI=1S/C23H26N4O.2ClH/c28-22(19-9-6-13-24-19)26-15-11-23(12-16-26,18-7-2-1-3-8-18)20-17-27-14-5-4-10-21(27)25-20;;/h1-5,7-8,10,14,17,19,24H,6,9,11-13,15-16H2;2*1H/t19-;;/m1../s1. The van der Waals surface area contributed by atoms with Crippen LogP contribution in [0.25, 0.3) is 5.65 Å². The number of amides is 1. The fraction of sp³-hybridized carbons (Fsp3) is 0.391. The van der Waals surface area contributed by atoms with Crippen molar-refractivity contribution in [2.75, 3.05) is 19.6 Å². The van der Waals surface area contributed by atoms with Crippen molar-refractivity contribution in [2.24, 2.45) is 0 Å². The summed E-state index contributed by atoms with van der Waals surface area (Å²) < 4.78 is 2.10. The van der Waals surface area contributed by atoms with Crippen LogP contribution in [0, 0.1) is 0 Å². The molecule has 1 atom stereocenters. The third kappa shape index (κ3) is 3.94. The molecule has 4 heterocycles. The summed E-state index contributed by atoms with van der Waals surface area (Å²) in [5.41, 5.74) is 3.23. The quantitative estimate of drug-likeness (QED) is 0.664. The monoisotopic (exact) mass is 446 g/mol. The number of nitrogens with zero attached hydrogens (tertiary/aromatic N) is 3. The Hall–Kier alpha value is -2.08. The number of hydrogen-bond donors (Lipinski definition) is 1. The van der Waals surface area contributed by atoms with E-state index in [9.17, 15) is 4.79 Å². The Morgan fingerprint density at radius 1 is 1.03 bits per heavy atom. The van der Waals surface area contributed by atoms with E-state index in [0.717, 1.165) is 56.7 Å². The number of rotatable bonds is 3. The summed E-state index contributed by atoms with van der Waals surface area (Å²) in [6.07, 6.45) is 8.08. The summed E-state index contributed by atoms with van der Waals surface area (Å²) in [4.78, 5) is 19.9. The molecular formula is C23H28Cl2N4O. The van der Waals surface area contributed by atoms with Gasteiger partial charge in [0.15, 0.2) is 0 Å². The van der Waals surface area contributed by atoms with Gasteiger partial charge in [-0.1, -0.05) is 36.4 Å². The fourth-order valence-corrected chi connectivity index (χ4v) is 4.84. The van der Waals surface area contributed by atoms with Crippen molar-refractivity contribution in [3.05, 3.63) is 72.2 Å². The molecule has 0 radical (unpaired) electrons. The largest absolute Gasteiger partial charge is 0.341 e. The summed E-state index contributed by atoms with van der Waals surface area (Å²) in [5, 5.41) is 3.35. The third-order valence-electron chi connectivity index (χ3n) is 6.47. The van der Waals surface area contributed by atoms with Gasteiger partial charge in [-0.2, -0.15) is 0 Å². The summed E-state index contributed by atoms with van der Waals surface area (Å²) in [6, 6.07) is 16.8. The number of fused-ring (bicyclic) bond motifs is 1. The van der Waals surface area contributed by atoms with E-state index in [0.29, 0.717) is 0 Å². The molecule has 5 rings (SSSR count). The van der Waals surface area contributed by atoms with E-state index < -0.39 is 0 Å². The van der Waals surface area contributed by atoms with Gasteiger partial charge in [0.2, 0.25) is 5.91 Å². The molecule has 7 heteroatoms. The molecule has 0 saturated carbocycles. The van der Waals surface area contributed by atoms with Crippen LogP contribution in [-0.4, -0.2) is 45.9 Å². The molecule has 30 heavy (non-hydrogen) atoms. The van der Waals surface area contributed by atoms with E-state index in [-0.39, 0.29) is 42.2 Å². The Balaban J connectivity index is 0.00000128. The molecule has 2 aliphatic rings. The van der Waals surface area contributed by atoms with Gasteiger partial charge in [0, 0.05) is 30.9 Å². The van der Waals surface area contributed by atoms with Crippen molar-refractivity contribution < 1.29 is 4.79 Å². The minimum atomic E-state index is -0.146. The van der Waals surface area contributed by atoms with Gasteiger partial charge in [0.05, 0.1) is 11.7 Å². The van der Waals surface area contributed by atoms with Gasteiger partial charge >= 0.3 is 0 Å². The van der Waals surface area contributed by atoms with E-state index in [4.69, 9.17) is 4.98 Å². The van der Waals surface area contributed by atoms with Crippen LogP contribution in [0.3, 0.4) is 0 Å². The summed E-state index contributed by atoms with van der Waals surface area (Å²) in [5.74, 6) is 0.272. The average molecular weight is 447 g/mol. The lowest BCUT2D eigenvalue weighted by Gasteiger charge is -2.42. The van der Waals surface area contributed by atoms with Crippen LogP contribution < -0.4 is 5.32 Å². The van der Waals surface area contributed by atoms with Crippen LogP contribution in [0.1, 0.15) is 36.9 Å². The average Bonchev–Trinajstić information content (AvgIpc) is 3.44. The van der Waals surface area contributed by atoms with Crippen molar-refractivity contribution in [2.45, 2.75) is 37.1 Å². The van der Waals surface area contributed by atoms with Crippen LogP contribution >= 0.6 is 24.8 Å². The highest BCUT2D eigenvalue weighted by Crippen LogP contribution is 2.41. The second-order valence-electron chi connectivity index (χ2n) is 8.01. The Morgan fingerprint density at radius 2 is 1.77 bits per heavy atom. The number of aromatic nitrogens is 2. The molecular weight excluding hydrogens is 419 g/mol. The summed E-state index contributed by atoms with van der Waals surface area (Å²) >= 11 is 0. The first-order valence-electron chi connectivity index (χ1n) is 10.3. The topological polar surface area (TPSA) is 49.6 Å². The molecule has 0 spiro atoms. The van der Waals surface area contributed by atoms with Crippen LogP contribution in [-0.2, 0) is 10.2 Å². The maximum Gasteiger partial charge on any atom is 0.239 e. The number of nitrogens with one attached hydrogen (secondary N) is 1. The molecule has 0 bridgehead atoms. The molecule has 0 unspecified atom stereocenters. The Kier molecular flexibility index (Phi) is 7.06. The number of pyridine rings is 1. The van der Waals surface area contributed by atoms with Gasteiger partial charge in [-0.3, -0.25) is 4.79 Å². The minimum absolute atomic E-state index is 0. The van der Waals surface area contributed by atoms with Crippen molar-refractivity contribution >= 4 is 36.4 Å². The molecule has 160 valence electrons. The van der Waals surface area contributed by atoms with Gasteiger partial charge in [-0.15, -0.1) is 24.8 Å². The van der Waals surface area contributed by atoms with E-state index in [1.165, 1.54) is 5.56 Å². The molecule has 2 saturated heterocycles. The van der Waals surface area contributed by atoms with Crippen LogP contribution in [0.15, 0.2) is 60.9 Å². The highest BCUT2D eigenvalue weighted by Gasteiger charge is 2.41. The Bertz CT molecular complexity index is 944. The maximum atomic E-state index is 12.9. The lowest BCUT2D eigenvalue weighted by Crippen LogP contribution is -2.50. The lowest BCUT2D eigenvalue weighted by atomic mass is 9.70. The maximum absolute atomic E-state index is 12.9. The van der Waals surface area contributed by atoms with E-state index in [1.54, 1.807) is 0 Å². The second kappa shape index (κ2) is 9.38. The number of piperidine rings is 1. The predicted octanol–water partition coefficient (Wildman–Crippen LogP) is 3.84. The molecule has 0 aliphatic carbocycles. The predicted molar refractivity (Wildman–Crippen MR) is 124 cm³/mol. The first-order valence-corrected chi connectivity index (χ1v) is 10.3. The molecule has 2 fully saturated rings. The summed E-state index contributed by atoms with van der Waals surface area (Å²) in [7, 11) is 0. The number of benzene rings is 1. The molecule has 2 aliphatic heterocycles. The number of likely N-dealkylation sites (tertiary alicyclic amines) is 1. The fourth-order valence-electron chi connectivity index (χ4n) is 4.84. The molecule has 1 N–H and O–H groups in total. The third-order valence-corrected chi connectivity index (χ3v) is 6.47. The summed E-state index contributed by atoms with van der Waals surface area (Å²) in [6.45, 7) is 2.51. The van der Waals surface area contributed by atoms with Crippen LogP contribution in [0.4, 0.5) is 0 Å². The zero-order valence-corrected chi connectivity index (χ0v) is 18.5.